The molecule has 132 valence electrons. The van der Waals surface area contributed by atoms with E-state index in [1.54, 1.807) is 11.8 Å². The van der Waals surface area contributed by atoms with E-state index in [0.717, 1.165) is 39.7 Å². The number of unbranched alkanes of at least 4 members (excludes halogenated alkanes) is 3. The van der Waals surface area contributed by atoms with Crippen molar-refractivity contribution in [2.24, 2.45) is 0 Å². The minimum Gasteiger partial charge on any atom is -0.230 e. The highest BCUT2D eigenvalue weighted by atomic mass is 32.2. The third kappa shape index (κ3) is 5.06. The van der Waals surface area contributed by atoms with Gasteiger partial charge in [0.25, 0.3) is 0 Å². The molecule has 3 heteroatoms. The van der Waals surface area contributed by atoms with Crippen molar-refractivity contribution in [1.29, 1.82) is 0 Å². The van der Waals surface area contributed by atoms with Crippen LogP contribution in [0.25, 0.3) is 22.4 Å². The number of aromatic nitrogens is 2. The molecule has 3 aromatic rings. The molecule has 2 nitrogen and oxygen atoms in total. The molecule has 0 spiro atoms. The van der Waals surface area contributed by atoms with E-state index in [0.29, 0.717) is 0 Å². The van der Waals surface area contributed by atoms with Crippen LogP contribution >= 0.6 is 11.8 Å². The molecule has 0 atom stereocenters. The molecule has 0 unspecified atom stereocenters. The summed E-state index contributed by atoms with van der Waals surface area (Å²) in [4.78, 5) is 9.50. The molecule has 0 radical (unpaired) electrons. The van der Waals surface area contributed by atoms with Crippen molar-refractivity contribution in [1.82, 2.24) is 9.97 Å². The van der Waals surface area contributed by atoms with E-state index in [9.17, 15) is 0 Å². The number of hydrogen-bond acceptors (Lipinski definition) is 3. The second kappa shape index (κ2) is 9.93. The van der Waals surface area contributed by atoms with E-state index in [1.807, 2.05) is 24.4 Å². The zero-order valence-electron chi connectivity index (χ0n) is 15.0. The number of thioether (sulfide) groups is 1. The van der Waals surface area contributed by atoms with E-state index < -0.39 is 0 Å². The SMILES string of the molecule is C=CCCCCCSc1ncc(-c2ccccc2)c(-c2ccccc2)n1. The Bertz CT molecular complexity index is 816. The van der Waals surface area contributed by atoms with Gasteiger partial charge < -0.3 is 0 Å². The van der Waals surface area contributed by atoms with Crippen LogP contribution in [-0.4, -0.2) is 15.7 Å². The number of rotatable bonds is 9. The van der Waals surface area contributed by atoms with Crippen LogP contribution < -0.4 is 0 Å². The lowest BCUT2D eigenvalue weighted by molar-refractivity contribution is 0.734. The standard InChI is InChI=1S/C23H24N2S/c1-2-3-4-5-12-17-26-23-24-18-21(19-13-8-6-9-14-19)22(25-23)20-15-10-7-11-16-20/h2,6-11,13-16,18H,1,3-5,12,17H2. The Morgan fingerprint density at radius 3 is 2.23 bits per heavy atom. The van der Waals surface area contributed by atoms with Gasteiger partial charge >= 0.3 is 0 Å². The maximum absolute atomic E-state index is 4.89. The van der Waals surface area contributed by atoms with E-state index in [1.165, 1.54) is 19.3 Å². The molecule has 0 aliphatic rings. The average molecular weight is 361 g/mol. The number of allylic oxidation sites excluding steroid dienone is 1. The summed E-state index contributed by atoms with van der Waals surface area (Å²) in [5.41, 5.74) is 4.35. The molecule has 0 fully saturated rings. The third-order valence-corrected chi connectivity index (χ3v) is 5.13. The molecule has 0 N–H and O–H groups in total. The first-order valence-corrected chi connectivity index (χ1v) is 10.1. The zero-order valence-corrected chi connectivity index (χ0v) is 15.8. The van der Waals surface area contributed by atoms with Gasteiger partial charge in [-0.1, -0.05) is 84.9 Å². The van der Waals surface area contributed by atoms with Gasteiger partial charge in [0.2, 0.25) is 0 Å². The monoisotopic (exact) mass is 360 g/mol. The van der Waals surface area contributed by atoms with E-state index in [4.69, 9.17) is 4.98 Å². The van der Waals surface area contributed by atoms with Gasteiger partial charge in [0.15, 0.2) is 5.16 Å². The molecule has 0 aliphatic carbocycles. The summed E-state index contributed by atoms with van der Waals surface area (Å²) < 4.78 is 0. The molecular formula is C23H24N2S. The van der Waals surface area contributed by atoms with Crippen molar-refractivity contribution in [3.8, 4) is 22.4 Å². The molecule has 1 aromatic heterocycles. The predicted molar refractivity (Wildman–Crippen MR) is 112 cm³/mol. The second-order valence-corrected chi connectivity index (χ2v) is 7.20. The third-order valence-electron chi connectivity index (χ3n) is 4.18. The highest BCUT2D eigenvalue weighted by Crippen LogP contribution is 2.31. The van der Waals surface area contributed by atoms with Gasteiger partial charge in [-0.3, -0.25) is 0 Å². The molecular weight excluding hydrogens is 336 g/mol. The quantitative estimate of drug-likeness (QED) is 0.185. The first-order chi connectivity index (χ1) is 12.9. The summed E-state index contributed by atoms with van der Waals surface area (Å²) in [6.45, 7) is 3.77. The minimum atomic E-state index is 0.854. The lowest BCUT2D eigenvalue weighted by Crippen LogP contribution is -1.95. The van der Waals surface area contributed by atoms with Gasteiger partial charge in [-0.25, -0.2) is 9.97 Å². The van der Waals surface area contributed by atoms with E-state index in [-0.39, 0.29) is 0 Å². The zero-order chi connectivity index (χ0) is 18.0. The van der Waals surface area contributed by atoms with Gasteiger partial charge in [0.05, 0.1) is 5.69 Å². The summed E-state index contributed by atoms with van der Waals surface area (Å²) in [5.74, 6) is 1.05. The lowest BCUT2D eigenvalue weighted by Gasteiger charge is -2.10. The fraction of sp³-hybridized carbons (Fsp3) is 0.217. The van der Waals surface area contributed by atoms with Gasteiger partial charge in [-0.2, -0.15) is 0 Å². The van der Waals surface area contributed by atoms with Crippen molar-refractivity contribution < 1.29 is 0 Å². The molecule has 3 rings (SSSR count). The Morgan fingerprint density at radius 1 is 0.846 bits per heavy atom. The van der Waals surface area contributed by atoms with Crippen LogP contribution in [0.1, 0.15) is 25.7 Å². The Morgan fingerprint density at radius 2 is 1.54 bits per heavy atom. The average Bonchev–Trinajstić information content (AvgIpc) is 2.72. The fourth-order valence-corrected chi connectivity index (χ4v) is 3.63. The van der Waals surface area contributed by atoms with E-state index >= 15 is 0 Å². The molecule has 2 aromatic carbocycles. The summed E-state index contributed by atoms with van der Waals surface area (Å²) >= 11 is 1.74. The lowest BCUT2D eigenvalue weighted by atomic mass is 10.0. The summed E-state index contributed by atoms with van der Waals surface area (Å²) in [6.07, 6.45) is 8.68. The maximum Gasteiger partial charge on any atom is 0.188 e. The largest absolute Gasteiger partial charge is 0.230 e. The predicted octanol–water partition coefficient (Wildman–Crippen LogP) is 6.65. The number of benzene rings is 2. The first-order valence-electron chi connectivity index (χ1n) is 9.10. The highest BCUT2D eigenvalue weighted by Gasteiger charge is 2.11. The van der Waals surface area contributed by atoms with Crippen LogP contribution in [-0.2, 0) is 0 Å². The van der Waals surface area contributed by atoms with Crippen LogP contribution in [0.4, 0.5) is 0 Å². The van der Waals surface area contributed by atoms with Crippen molar-refractivity contribution in [2.45, 2.75) is 30.8 Å². The van der Waals surface area contributed by atoms with Crippen molar-refractivity contribution in [2.75, 3.05) is 5.75 Å². The van der Waals surface area contributed by atoms with Crippen molar-refractivity contribution >= 4 is 11.8 Å². The maximum atomic E-state index is 4.89. The van der Waals surface area contributed by atoms with Crippen LogP contribution in [0, 0.1) is 0 Å². The van der Waals surface area contributed by atoms with Gasteiger partial charge in [0, 0.05) is 23.1 Å². The molecule has 0 amide bonds. The summed E-state index contributed by atoms with van der Waals surface area (Å²) in [5, 5.41) is 0.854. The number of hydrogen-bond donors (Lipinski definition) is 0. The highest BCUT2D eigenvalue weighted by molar-refractivity contribution is 7.99. The van der Waals surface area contributed by atoms with E-state index in [2.05, 4.69) is 60.1 Å². The van der Waals surface area contributed by atoms with Crippen LogP contribution in [0.15, 0.2) is 84.7 Å². The summed E-state index contributed by atoms with van der Waals surface area (Å²) in [6, 6.07) is 20.7. The van der Waals surface area contributed by atoms with Gasteiger partial charge in [0.1, 0.15) is 0 Å². The smallest absolute Gasteiger partial charge is 0.188 e. The fourth-order valence-electron chi connectivity index (χ4n) is 2.81. The normalized spacial score (nSPS) is 10.6. The minimum absolute atomic E-state index is 0.854. The van der Waals surface area contributed by atoms with Crippen LogP contribution in [0.5, 0.6) is 0 Å². The number of nitrogens with zero attached hydrogens (tertiary/aromatic N) is 2. The van der Waals surface area contributed by atoms with Crippen LogP contribution in [0.2, 0.25) is 0 Å². The Labute approximate surface area is 160 Å². The molecule has 0 saturated heterocycles. The van der Waals surface area contributed by atoms with Crippen molar-refractivity contribution in [3.63, 3.8) is 0 Å². The second-order valence-electron chi connectivity index (χ2n) is 6.13. The Balaban J connectivity index is 1.80. The van der Waals surface area contributed by atoms with Gasteiger partial charge in [-0.05, 0) is 24.8 Å². The summed E-state index contributed by atoms with van der Waals surface area (Å²) in [7, 11) is 0. The molecule has 0 aliphatic heterocycles. The topological polar surface area (TPSA) is 25.8 Å². The Kier molecular flexibility index (Phi) is 7.03. The van der Waals surface area contributed by atoms with Crippen molar-refractivity contribution in [3.05, 3.63) is 79.5 Å². The Hall–Kier alpha value is -2.39. The van der Waals surface area contributed by atoms with Crippen LogP contribution in [0.3, 0.4) is 0 Å². The molecule has 1 heterocycles. The molecule has 26 heavy (non-hydrogen) atoms. The molecule has 0 bridgehead atoms. The van der Waals surface area contributed by atoms with Gasteiger partial charge in [-0.15, -0.1) is 6.58 Å². The molecule has 0 saturated carbocycles. The first kappa shape index (κ1) is 18.4.